The van der Waals surface area contributed by atoms with Crippen LogP contribution >= 0.6 is 0 Å². The van der Waals surface area contributed by atoms with Crippen LogP contribution in [0.15, 0.2) is 72.9 Å². The lowest BCUT2D eigenvalue weighted by molar-refractivity contribution is 0.340. The molecule has 0 N–H and O–H groups in total. The topological polar surface area (TPSA) is 39.9 Å². The molecular weight excluding hydrogens is 322 g/mol. The minimum Gasteiger partial charge on any atom is -0.494 e. The van der Waals surface area contributed by atoms with Gasteiger partial charge >= 0.3 is 0 Å². The maximum absolute atomic E-state index is 5.62. The van der Waals surface area contributed by atoms with E-state index >= 15 is 0 Å². The summed E-state index contributed by atoms with van der Waals surface area (Å²) >= 11 is 0. The monoisotopic (exact) mass is 341 g/mol. The molecule has 2 aromatic heterocycles. The molecule has 0 spiro atoms. The third-order valence-electron chi connectivity index (χ3n) is 4.07. The molecule has 4 rings (SSSR count). The largest absolute Gasteiger partial charge is 0.494 e. The van der Waals surface area contributed by atoms with Crippen molar-refractivity contribution in [1.82, 2.24) is 14.5 Å². The van der Waals surface area contributed by atoms with Crippen molar-refractivity contribution in [1.29, 1.82) is 0 Å². The van der Waals surface area contributed by atoms with Crippen LogP contribution in [-0.4, -0.2) is 21.1 Å². The molecule has 4 heteroatoms. The number of imidazole rings is 1. The zero-order valence-corrected chi connectivity index (χ0v) is 14.5. The van der Waals surface area contributed by atoms with Crippen LogP contribution in [-0.2, 0) is 0 Å². The van der Waals surface area contributed by atoms with Gasteiger partial charge in [0, 0.05) is 12.3 Å². The van der Waals surface area contributed by atoms with E-state index in [2.05, 4.69) is 27.8 Å². The lowest BCUT2D eigenvalue weighted by atomic mass is 10.2. The number of ether oxygens (including phenoxy) is 1. The molecule has 0 unspecified atom stereocenters. The fraction of sp³-hybridized carbons (Fsp3) is 0.0909. The Morgan fingerprint density at radius 3 is 2.58 bits per heavy atom. The normalized spacial score (nSPS) is 11.3. The molecule has 2 aromatic carbocycles. The van der Waals surface area contributed by atoms with Gasteiger partial charge in [0.25, 0.3) is 0 Å². The fourth-order valence-corrected chi connectivity index (χ4v) is 2.91. The maximum atomic E-state index is 5.62. The molecule has 0 atom stereocenters. The van der Waals surface area contributed by atoms with Crippen LogP contribution in [0.4, 0.5) is 0 Å². The number of rotatable bonds is 5. The van der Waals surface area contributed by atoms with Crippen LogP contribution in [0.25, 0.3) is 29.0 Å². The summed E-state index contributed by atoms with van der Waals surface area (Å²) in [4.78, 5) is 9.31. The second-order valence-electron chi connectivity index (χ2n) is 5.82. The Kier molecular flexibility index (Phi) is 4.48. The van der Waals surface area contributed by atoms with E-state index in [4.69, 9.17) is 9.72 Å². The highest BCUT2D eigenvalue weighted by atomic mass is 16.5. The van der Waals surface area contributed by atoms with Gasteiger partial charge in [0.2, 0.25) is 0 Å². The van der Waals surface area contributed by atoms with Gasteiger partial charge < -0.3 is 4.74 Å². The highest BCUT2D eigenvalue weighted by molar-refractivity contribution is 5.83. The van der Waals surface area contributed by atoms with Crippen molar-refractivity contribution in [2.24, 2.45) is 0 Å². The SMILES string of the molecule is CCOc1ccc2c(c1)nc(C=Cc1ccccc1)n2-c1ccccn1. The molecule has 128 valence electrons. The van der Waals surface area contributed by atoms with E-state index in [-0.39, 0.29) is 0 Å². The third-order valence-corrected chi connectivity index (χ3v) is 4.07. The Hall–Kier alpha value is -3.40. The second kappa shape index (κ2) is 7.23. The maximum Gasteiger partial charge on any atom is 0.139 e. The van der Waals surface area contributed by atoms with Crippen LogP contribution in [0, 0.1) is 0 Å². The van der Waals surface area contributed by atoms with Crippen molar-refractivity contribution in [3.8, 4) is 11.6 Å². The Morgan fingerprint density at radius 2 is 1.81 bits per heavy atom. The first-order chi connectivity index (χ1) is 12.8. The zero-order valence-electron chi connectivity index (χ0n) is 14.5. The summed E-state index contributed by atoms with van der Waals surface area (Å²) in [5, 5.41) is 0. The summed E-state index contributed by atoms with van der Waals surface area (Å²) in [5.41, 5.74) is 3.01. The summed E-state index contributed by atoms with van der Waals surface area (Å²) in [6.07, 6.45) is 5.87. The summed E-state index contributed by atoms with van der Waals surface area (Å²) < 4.78 is 7.68. The van der Waals surface area contributed by atoms with Crippen molar-refractivity contribution in [2.75, 3.05) is 6.61 Å². The van der Waals surface area contributed by atoms with E-state index in [1.807, 2.05) is 67.6 Å². The summed E-state index contributed by atoms with van der Waals surface area (Å²) in [6, 6.07) is 22.0. The Morgan fingerprint density at radius 1 is 0.962 bits per heavy atom. The number of aromatic nitrogens is 3. The van der Waals surface area contributed by atoms with E-state index < -0.39 is 0 Å². The van der Waals surface area contributed by atoms with Gasteiger partial charge in [0.15, 0.2) is 0 Å². The van der Waals surface area contributed by atoms with Gasteiger partial charge in [0.05, 0.1) is 17.6 Å². The van der Waals surface area contributed by atoms with Crippen LogP contribution in [0.3, 0.4) is 0 Å². The van der Waals surface area contributed by atoms with Crippen LogP contribution in [0.5, 0.6) is 5.75 Å². The van der Waals surface area contributed by atoms with E-state index in [0.29, 0.717) is 6.61 Å². The minimum atomic E-state index is 0.632. The first-order valence-corrected chi connectivity index (χ1v) is 8.65. The molecule has 0 aliphatic rings. The van der Waals surface area contributed by atoms with Gasteiger partial charge in [-0.1, -0.05) is 42.5 Å². The minimum absolute atomic E-state index is 0.632. The molecule has 0 aliphatic heterocycles. The van der Waals surface area contributed by atoms with E-state index in [1.54, 1.807) is 6.20 Å². The quantitative estimate of drug-likeness (QED) is 0.513. The number of hydrogen-bond donors (Lipinski definition) is 0. The molecule has 0 amide bonds. The van der Waals surface area contributed by atoms with Crippen LogP contribution in [0.1, 0.15) is 18.3 Å². The molecular formula is C22H19N3O. The van der Waals surface area contributed by atoms with Crippen molar-refractivity contribution < 1.29 is 4.74 Å². The molecule has 0 saturated heterocycles. The fourth-order valence-electron chi connectivity index (χ4n) is 2.91. The molecule has 4 nitrogen and oxygen atoms in total. The first kappa shape index (κ1) is 16.1. The number of pyridine rings is 1. The highest BCUT2D eigenvalue weighted by Crippen LogP contribution is 2.25. The van der Waals surface area contributed by atoms with E-state index in [9.17, 15) is 0 Å². The van der Waals surface area contributed by atoms with Gasteiger partial charge in [-0.25, -0.2) is 9.97 Å². The average Bonchev–Trinajstić information content (AvgIpc) is 3.06. The van der Waals surface area contributed by atoms with Gasteiger partial charge in [-0.3, -0.25) is 4.57 Å². The van der Waals surface area contributed by atoms with Crippen molar-refractivity contribution in [3.05, 3.63) is 84.3 Å². The zero-order chi connectivity index (χ0) is 17.8. The van der Waals surface area contributed by atoms with Gasteiger partial charge in [-0.15, -0.1) is 0 Å². The van der Waals surface area contributed by atoms with Crippen LogP contribution < -0.4 is 4.74 Å². The summed E-state index contributed by atoms with van der Waals surface area (Å²) in [5.74, 6) is 2.49. The molecule has 26 heavy (non-hydrogen) atoms. The van der Waals surface area contributed by atoms with Crippen molar-refractivity contribution >= 4 is 23.2 Å². The van der Waals surface area contributed by atoms with Crippen molar-refractivity contribution in [3.63, 3.8) is 0 Å². The molecule has 0 saturated carbocycles. The predicted octanol–water partition coefficient (Wildman–Crippen LogP) is 4.99. The van der Waals surface area contributed by atoms with Gasteiger partial charge in [-0.05, 0) is 42.8 Å². The number of benzene rings is 2. The Labute approximate surface area is 152 Å². The van der Waals surface area contributed by atoms with Crippen LogP contribution in [0.2, 0.25) is 0 Å². The number of hydrogen-bond acceptors (Lipinski definition) is 3. The smallest absolute Gasteiger partial charge is 0.139 e. The first-order valence-electron chi connectivity index (χ1n) is 8.65. The molecule has 0 bridgehead atoms. The lowest BCUT2D eigenvalue weighted by Crippen LogP contribution is -1.99. The summed E-state index contributed by atoms with van der Waals surface area (Å²) in [7, 11) is 0. The molecule has 0 fully saturated rings. The molecule has 0 aliphatic carbocycles. The van der Waals surface area contributed by atoms with Gasteiger partial charge in [-0.2, -0.15) is 0 Å². The molecule has 4 aromatic rings. The lowest BCUT2D eigenvalue weighted by Gasteiger charge is -2.06. The number of fused-ring (bicyclic) bond motifs is 1. The Balaban J connectivity index is 1.85. The average molecular weight is 341 g/mol. The van der Waals surface area contributed by atoms with Crippen molar-refractivity contribution in [2.45, 2.75) is 6.92 Å². The second-order valence-corrected chi connectivity index (χ2v) is 5.82. The summed E-state index contributed by atoms with van der Waals surface area (Å²) in [6.45, 7) is 2.61. The number of nitrogens with zero attached hydrogens (tertiary/aromatic N) is 3. The Bertz CT molecular complexity index is 1040. The molecule has 0 radical (unpaired) electrons. The van der Waals surface area contributed by atoms with E-state index in [0.717, 1.165) is 34.0 Å². The predicted molar refractivity (Wildman–Crippen MR) is 105 cm³/mol. The van der Waals surface area contributed by atoms with E-state index in [1.165, 1.54) is 0 Å². The van der Waals surface area contributed by atoms with Gasteiger partial charge in [0.1, 0.15) is 17.4 Å². The highest BCUT2D eigenvalue weighted by Gasteiger charge is 2.12. The third kappa shape index (κ3) is 3.22. The standard InChI is InChI=1S/C22H19N3O/c1-2-26-18-12-13-20-19(16-18)24-22(14-11-17-8-4-3-5-9-17)25(20)21-10-6-7-15-23-21/h3-16H,2H2,1H3. The molecule has 2 heterocycles.